The van der Waals surface area contributed by atoms with Gasteiger partial charge in [0, 0.05) is 22.9 Å². The van der Waals surface area contributed by atoms with Crippen molar-refractivity contribution in [1.82, 2.24) is 0 Å². The molecule has 0 spiro atoms. The summed E-state index contributed by atoms with van der Waals surface area (Å²) in [6.07, 6.45) is 5.90. The van der Waals surface area contributed by atoms with E-state index in [1.165, 1.54) is 12.8 Å². The van der Waals surface area contributed by atoms with Crippen LogP contribution >= 0.6 is 15.9 Å². The highest BCUT2D eigenvalue weighted by atomic mass is 79.9. The largest absolute Gasteiger partial charge is 0.490 e. The Morgan fingerprint density at radius 2 is 1.85 bits per heavy atom. The van der Waals surface area contributed by atoms with Gasteiger partial charge in [-0.2, -0.15) is 0 Å². The van der Waals surface area contributed by atoms with Crippen LogP contribution in [0, 0.1) is 0 Å². The minimum atomic E-state index is 0.170. The minimum Gasteiger partial charge on any atom is -0.490 e. The molecule has 1 aromatic rings. The molecule has 0 aromatic heterocycles. The number of halogens is 1. The van der Waals surface area contributed by atoms with Gasteiger partial charge < -0.3 is 9.47 Å². The molecule has 110 valence electrons. The van der Waals surface area contributed by atoms with E-state index in [0.717, 1.165) is 29.5 Å². The Bertz CT molecular complexity index is 471. The third-order valence-electron chi connectivity index (χ3n) is 3.40. The first-order chi connectivity index (χ1) is 9.72. The fourth-order valence-corrected chi connectivity index (χ4v) is 2.79. The molecule has 0 radical (unpaired) electrons. The SMILES string of the molecule is CCCCCCC(=O)c1cc2c(cc1Br)OCCCO2. The standard InChI is InChI=1S/C16H21BrO3/c1-2-3-4-5-7-14(18)12-10-15-16(11-13(12)17)20-9-6-8-19-15/h10-11H,2-9H2,1H3. The molecule has 1 aliphatic heterocycles. The van der Waals surface area contributed by atoms with Gasteiger partial charge in [-0.3, -0.25) is 4.79 Å². The van der Waals surface area contributed by atoms with Gasteiger partial charge in [-0.05, 0) is 34.5 Å². The Morgan fingerprint density at radius 1 is 1.15 bits per heavy atom. The van der Waals surface area contributed by atoms with Gasteiger partial charge in [-0.1, -0.05) is 26.2 Å². The lowest BCUT2D eigenvalue weighted by molar-refractivity contribution is 0.0978. The predicted octanol–water partition coefficient (Wildman–Crippen LogP) is 4.76. The van der Waals surface area contributed by atoms with Crippen LogP contribution in [0.1, 0.15) is 55.8 Å². The van der Waals surface area contributed by atoms with E-state index in [9.17, 15) is 4.79 Å². The van der Waals surface area contributed by atoms with Gasteiger partial charge in [0.25, 0.3) is 0 Å². The van der Waals surface area contributed by atoms with E-state index >= 15 is 0 Å². The summed E-state index contributed by atoms with van der Waals surface area (Å²) in [5.74, 6) is 1.57. The lowest BCUT2D eigenvalue weighted by Gasteiger charge is -2.11. The summed E-state index contributed by atoms with van der Waals surface area (Å²) in [4.78, 5) is 12.3. The molecular weight excluding hydrogens is 320 g/mol. The topological polar surface area (TPSA) is 35.5 Å². The van der Waals surface area contributed by atoms with Crippen molar-refractivity contribution in [1.29, 1.82) is 0 Å². The van der Waals surface area contributed by atoms with Gasteiger partial charge in [0.1, 0.15) is 0 Å². The molecule has 2 rings (SSSR count). The number of ketones is 1. The van der Waals surface area contributed by atoms with E-state index in [0.29, 0.717) is 30.9 Å². The molecule has 3 nitrogen and oxygen atoms in total. The average molecular weight is 341 g/mol. The Morgan fingerprint density at radius 3 is 2.55 bits per heavy atom. The zero-order valence-electron chi connectivity index (χ0n) is 11.9. The maximum Gasteiger partial charge on any atom is 0.164 e. The molecule has 0 saturated carbocycles. The quantitative estimate of drug-likeness (QED) is 0.553. The smallest absolute Gasteiger partial charge is 0.164 e. The summed E-state index contributed by atoms with van der Waals surface area (Å²) in [5, 5.41) is 0. The highest BCUT2D eigenvalue weighted by Gasteiger charge is 2.17. The van der Waals surface area contributed by atoms with Crippen LogP contribution in [-0.4, -0.2) is 19.0 Å². The van der Waals surface area contributed by atoms with Crippen molar-refractivity contribution in [2.75, 3.05) is 13.2 Å². The minimum absolute atomic E-state index is 0.170. The second kappa shape index (κ2) is 7.67. The van der Waals surface area contributed by atoms with Gasteiger partial charge in [0.05, 0.1) is 13.2 Å². The maximum absolute atomic E-state index is 12.3. The van der Waals surface area contributed by atoms with Crippen molar-refractivity contribution in [2.24, 2.45) is 0 Å². The first-order valence-corrected chi connectivity index (χ1v) is 8.14. The number of benzene rings is 1. The van der Waals surface area contributed by atoms with Gasteiger partial charge in [-0.15, -0.1) is 0 Å². The molecule has 4 heteroatoms. The van der Waals surface area contributed by atoms with Crippen LogP contribution in [0.3, 0.4) is 0 Å². The van der Waals surface area contributed by atoms with Gasteiger partial charge in [0.15, 0.2) is 17.3 Å². The predicted molar refractivity (Wildman–Crippen MR) is 82.8 cm³/mol. The molecule has 20 heavy (non-hydrogen) atoms. The van der Waals surface area contributed by atoms with Crippen molar-refractivity contribution in [3.05, 3.63) is 22.2 Å². The number of unbranched alkanes of at least 4 members (excludes halogenated alkanes) is 3. The van der Waals surface area contributed by atoms with Crippen LogP contribution in [0.2, 0.25) is 0 Å². The molecule has 0 fully saturated rings. The molecule has 0 aliphatic carbocycles. The number of fused-ring (bicyclic) bond motifs is 1. The van der Waals surface area contributed by atoms with Gasteiger partial charge in [-0.25, -0.2) is 0 Å². The fraction of sp³-hybridized carbons (Fsp3) is 0.562. The van der Waals surface area contributed by atoms with E-state index in [-0.39, 0.29) is 5.78 Å². The Kier molecular flexibility index (Phi) is 5.89. The third kappa shape index (κ3) is 3.98. The molecular formula is C16H21BrO3. The second-order valence-corrected chi connectivity index (χ2v) is 5.92. The third-order valence-corrected chi connectivity index (χ3v) is 4.05. The summed E-state index contributed by atoms with van der Waals surface area (Å²) in [7, 11) is 0. The Balaban J connectivity index is 2.07. The van der Waals surface area contributed by atoms with Crippen molar-refractivity contribution in [3.63, 3.8) is 0 Å². The maximum atomic E-state index is 12.3. The van der Waals surface area contributed by atoms with Crippen molar-refractivity contribution in [2.45, 2.75) is 45.4 Å². The van der Waals surface area contributed by atoms with Crippen LogP contribution in [0.4, 0.5) is 0 Å². The van der Waals surface area contributed by atoms with E-state index < -0.39 is 0 Å². The number of rotatable bonds is 6. The van der Waals surface area contributed by atoms with Crippen LogP contribution < -0.4 is 9.47 Å². The van der Waals surface area contributed by atoms with Crippen molar-refractivity contribution < 1.29 is 14.3 Å². The number of ether oxygens (including phenoxy) is 2. The number of carbonyl (C=O) groups excluding carboxylic acids is 1. The summed E-state index contributed by atoms with van der Waals surface area (Å²) in [5.41, 5.74) is 0.700. The highest BCUT2D eigenvalue weighted by molar-refractivity contribution is 9.10. The van der Waals surface area contributed by atoms with E-state index in [2.05, 4.69) is 22.9 Å². The summed E-state index contributed by atoms with van der Waals surface area (Å²) >= 11 is 3.47. The van der Waals surface area contributed by atoms with E-state index in [1.54, 1.807) is 0 Å². The molecule has 1 heterocycles. The average Bonchev–Trinajstić information content (AvgIpc) is 2.67. The van der Waals surface area contributed by atoms with Crippen LogP contribution in [0.25, 0.3) is 0 Å². The van der Waals surface area contributed by atoms with Crippen molar-refractivity contribution in [3.8, 4) is 11.5 Å². The first-order valence-electron chi connectivity index (χ1n) is 7.34. The summed E-state index contributed by atoms with van der Waals surface area (Å²) in [6.45, 7) is 3.46. The first kappa shape index (κ1) is 15.4. The van der Waals surface area contributed by atoms with Crippen molar-refractivity contribution >= 4 is 21.7 Å². The normalized spacial score (nSPS) is 13.9. The molecule has 1 aliphatic rings. The number of carbonyl (C=O) groups is 1. The van der Waals surface area contributed by atoms with E-state index in [4.69, 9.17) is 9.47 Å². The summed E-state index contributed by atoms with van der Waals surface area (Å²) < 4.78 is 12.0. The lowest BCUT2D eigenvalue weighted by Crippen LogP contribution is -2.02. The van der Waals surface area contributed by atoms with E-state index in [1.807, 2.05) is 12.1 Å². The highest BCUT2D eigenvalue weighted by Crippen LogP contribution is 2.35. The molecule has 1 aromatic carbocycles. The molecule has 0 atom stereocenters. The molecule has 0 saturated heterocycles. The molecule has 0 unspecified atom stereocenters. The second-order valence-electron chi connectivity index (χ2n) is 5.06. The van der Waals surface area contributed by atoms with Gasteiger partial charge in [0.2, 0.25) is 0 Å². The number of hydrogen-bond acceptors (Lipinski definition) is 3. The number of hydrogen-bond donors (Lipinski definition) is 0. The number of Topliss-reactive ketones (excluding diaryl/α,β-unsaturated/α-hetero) is 1. The zero-order chi connectivity index (χ0) is 14.4. The summed E-state index contributed by atoms with van der Waals surface area (Å²) in [6, 6.07) is 3.66. The lowest BCUT2D eigenvalue weighted by atomic mass is 10.0. The fourth-order valence-electron chi connectivity index (χ4n) is 2.24. The Hall–Kier alpha value is -1.03. The molecule has 0 amide bonds. The molecule has 0 bridgehead atoms. The zero-order valence-corrected chi connectivity index (χ0v) is 13.5. The van der Waals surface area contributed by atoms with Gasteiger partial charge >= 0.3 is 0 Å². The Labute approximate surface area is 128 Å². The molecule has 0 N–H and O–H groups in total. The monoisotopic (exact) mass is 340 g/mol. The van der Waals surface area contributed by atoms with Crippen LogP contribution in [0.5, 0.6) is 11.5 Å². The van der Waals surface area contributed by atoms with Crippen LogP contribution in [0.15, 0.2) is 16.6 Å². The van der Waals surface area contributed by atoms with Crippen LogP contribution in [-0.2, 0) is 0 Å².